The van der Waals surface area contributed by atoms with E-state index in [9.17, 15) is 9.18 Å². The minimum Gasteiger partial charge on any atom is -0.469 e. The van der Waals surface area contributed by atoms with Crippen LogP contribution in [0, 0.1) is 11.2 Å². The summed E-state index contributed by atoms with van der Waals surface area (Å²) in [5.41, 5.74) is 0.605. The maximum atomic E-state index is 12.9. The van der Waals surface area contributed by atoms with Crippen LogP contribution >= 0.6 is 0 Å². The highest BCUT2D eigenvalue weighted by Gasteiger charge is 2.40. The Hall–Kier alpha value is -1.38. The highest BCUT2D eigenvalue weighted by Crippen LogP contribution is 2.40. The van der Waals surface area contributed by atoms with Gasteiger partial charge in [-0.2, -0.15) is 0 Å². The van der Waals surface area contributed by atoms with E-state index in [-0.39, 0.29) is 11.8 Å². The average Bonchev–Trinajstić information content (AvgIpc) is 2.41. The third-order valence-corrected chi connectivity index (χ3v) is 3.88. The van der Waals surface area contributed by atoms with Crippen LogP contribution in [0.15, 0.2) is 24.3 Å². The molecule has 0 N–H and O–H groups in total. The van der Waals surface area contributed by atoms with Gasteiger partial charge in [0.1, 0.15) is 5.82 Å². The van der Waals surface area contributed by atoms with Gasteiger partial charge in [-0.1, -0.05) is 31.4 Å². The zero-order valence-corrected chi connectivity index (χ0v) is 10.7. The number of carbonyl (C=O) groups excluding carboxylic acids is 1. The molecule has 0 spiro atoms. The van der Waals surface area contributed by atoms with Crippen molar-refractivity contribution in [3.8, 4) is 0 Å². The predicted octanol–water partition coefficient (Wildman–Crippen LogP) is 3.49. The van der Waals surface area contributed by atoms with Gasteiger partial charge in [-0.15, -0.1) is 0 Å². The van der Waals surface area contributed by atoms with Gasteiger partial charge in [-0.3, -0.25) is 4.79 Å². The molecule has 0 radical (unpaired) electrons. The van der Waals surface area contributed by atoms with Crippen molar-refractivity contribution in [2.24, 2.45) is 5.41 Å². The molecule has 0 aromatic heterocycles. The maximum Gasteiger partial charge on any atom is 0.312 e. The van der Waals surface area contributed by atoms with Crippen molar-refractivity contribution >= 4 is 5.97 Å². The molecule has 0 heterocycles. The van der Waals surface area contributed by atoms with Gasteiger partial charge in [0.2, 0.25) is 0 Å². The zero-order chi connectivity index (χ0) is 13.0. The van der Waals surface area contributed by atoms with E-state index < -0.39 is 5.41 Å². The van der Waals surface area contributed by atoms with Crippen LogP contribution in [0.25, 0.3) is 0 Å². The van der Waals surface area contributed by atoms with E-state index in [1.54, 1.807) is 12.1 Å². The standard InChI is InChI=1S/C15H19FO2/c1-18-14(17)15(9-3-2-4-10-15)11-12-5-7-13(16)8-6-12/h5-8H,2-4,9-11H2,1H3. The molecule has 1 aliphatic rings. The normalized spacial score (nSPS) is 18.3. The summed E-state index contributed by atoms with van der Waals surface area (Å²) in [4.78, 5) is 12.1. The molecule has 0 aliphatic heterocycles. The molecular formula is C15H19FO2. The summed E-state index contributed by atoms with van der Waals surface area (Å²) in [6, 6.07) is 6.41. The van der Waals surface area contributed by atoms with Crippen molar-refractivity contribution in [2.45, 2.75) is 38.5 Å². The van der Waals surface area contributed by atoms with Crippen LogP contribution < -0.4 is 0 Å². The molecule has 1 fully saturated rings. The molecule has 0 bridgehead atoms. The molecule has 1 aromatic rings. The molecule has 3 heteroatoms. The first-order valence-electron chi connectivity index (χ1n) is 6.49. The van der Waals surface area contributed by atoms with Gasteiger partial charge in [0.15, 0.2) is 0 Å². The van der Waals surface area contributed by atoms with E-state index in [1.807, 2.05) is 0 Å². The SMILES string of the molecule is COC(=O)C1(Cc2ccc(F)cc2)CCCCC1. The van der Waals surface area contributed by atoms with E-state index in [0.717, 1.165) is 31.2 Å². The van der Waals surface area contributed by atoms with Crippen LogP contribution in [0.3, 0.4) is 0 Å². The molecule has 1 aliphatic carbocycles. The first kappa shape index (κ1) is 13.1. The molecule has 2 nitrogen and oxygen atoms in total. The van der Waals surface area contributed by atoms with Crippen molar-refractivity contribution in [2.75, 3.05) is 7.11 Å². The van der Waals surface area contributed by atoms with E-state index in [1.165, 1.54) is 25.7 Å². The molecule has 0 atom stereocenters. The number of ether oxygens (including phenoxy) is 1. The number of halogens is 1. The zero-order valence-electron chi connectivity index (χ0n) is 10.7. The molecule has 18 heavy (non-hydrogen) atoms. The Morgan fingerprint density at radius 2 is 1.83 bits per heavy atom. The summed E-state index contributed by atoms with van der Waals surface area (Å²) in [7, 11) is 1.45. The number of carbonyl (C=O) groups is 1. The van der Waals surface area contributed by atoms with Crippen molar-refractivity contribution in [3.63, 3.8) is 0 Å². The van der Waals surface area contributed by atoms with Gasteiger partial charge in [-0.25, -0.2) is 4.39 Å². The molecule has 1 aromatic carbocycles. The summed E-state index contributed by atoms with van der Waals surface area (Å²) in [6.45, 7) is 0. The van der Waals surface area contributed by atoms with E-state index >= 15 is 0 Å². The van der Waals surface area contributed by atoms with Crippen molar-refractivity contribution < 1.29 is 13.9 Å². The Morgan fingerprint density at radius 3 is 2.39 bits per heavy atom. The third-order valence-electron chi connectivity index (χ3n) is 3.88. The van der Waals surface area contributed by atoms with Gasteiger partial charge in [0, 0.05) is 0 Å². The van der Waals surface area contributed by atoms with Crippen molar-refractivity contribution in [1.82, 2.24) is 0 Å². The van der Waals surface area contributed by atoms with E-state index in [4.69, 9.17) is 4.74 Å². The monoisotopic (exact) mass is 250 g/mol. The van der Waals surface area contributed by atoms with Crippen LogP contribution in [0.5, 0.6) is 0 Å². The Kier molecular flexibility index (Phi) is 4.00. The number of benzene rings is 1. The Bertz CT molecular complexity index is 405. The minimum absolute atomic E-state index is 0.119. The first-order chi connectivity index (χ1) is 8.66. The van der Waals surface area contributed by atoms with Crippen LogP contribution in [0.2, 0.25) is 0 Å². The Morgan fingerprint density at radius 1 is 1.22 bits per heavy atom. The number of methoxy groups -OCH3 is 1. The Labute approximate surface area is 107 Å². The predicted molar refractivity (Wildman–Crippen MR) is 67.6 cm³/mol. The summed E-state index contributed by atoms with van der Waals surface area (Å²) in [5.74, 6) is -0.360. The molecule has 0 saturated heterocycles. The summed E-state index contributed by atoms with van der Waals surface area (Å²) in [6.07, 6.45) is 5.71. The van der Waals surface area contributed by atoms with Crippen molar-refractivity contribution in [3.05, 3.63) is 35.6 Å². The quantitative estimate of drug-likeness (QED) is 0.767. The lowest BCUT2D eigenvalue weighted by molar-refractivity contribution is -0.154. The summed E-state index contributed by atoms with van der Waals surface area (Å²) < 4.78 is 17.9. The Balaban J connectivity index is 2.19. The second kappa shape index (κ2) is 5.51. The number of rotatable bonds is 3. The second-order valence-electron chi connectivity index (χ2n) is 5.14. The molecule has 0 amide bonds. The summed E-state index contributed by atoms with van der Waals surface area (Å²) >= 11 is 0. The van der Waals surface area contributed by atoms with Crippen LogP contribution in [0.1, 0.15) is 37.7 Å². The number of esters is 1. The van der Waals surface area contributed by atoms with E-state index in [2.05, 4.69) is 0 Å². The topological polar surface area (TPSA) is 26.3 Å². The smallest absolute Gasteiger partial charge is 0.312 e. The maximum absolute atomic E-state index is 12.9. The van der Waals surface area contributed by atoms with Crippen LogP contribution in [-0.2, 0) is 16.0 Å². The third kappa shape index (κ3) is 2.71. The van der Waals surface area contributed by atoms with Crippen LogP contribution in [0.4, 0.5) is 4.39 Å². The van der Waals surface area contributed by atoms with Gasteiger partial charge < -0.3 is 4.74 Å². The molecule has 98 valence electrons. The highest BCUT2D eigenvalue weighted by molar-refractivity contribution is 5.77. The minimum atomic E-state index is -0.398. The lowest BCUT2D eigenvalue weighted by atomic mass is 9.70. The van der Waals surface area contributed by atoms with Crippen molar-refractivity contribution in [1.29, 1.82) is 0 Å². The fourth-order valence-corrected chi connectivity index (χ4v) is 2.89. The number of hydrogen-bond acceptors (Lipinski definition) is 2. The van der Waals surface area contributed by atoms with Gasteiger partial charge >= 0.3 is 5.97 Å². The fraction of sp³-hybridized carbons (Fsp3) is 0.533. The second-order valence-corrected chi connectivity index (χ2v) is 5.14. The average molecular weight is 250 g/mol. The molecule has 2 rings (SSSR count). The van der Waals surface area contributed by atoms with Crippen LogP contribution in [-0.4, -0.2) is 13.1 Å². The molecule has 1 saturated carbocycles. The first-order valence-corrected chi connectivity index (χ1v) is 6.49. The largest absolute Gasteiger partial charge is 0.469 e. The summed E-state index contributed by atoms with van der Waals surface area (Å²) in [5, 5.41) is 0. The fourth-order valence-electron chi connectivity index (χ4n) is 2.89. The lowest BCUT2D eigenvalue weighted by Crippen LogP contribution is -2.36. The van der Waals surface area contributed by atoms with Gasteiger partial charge in [0.25, 0.3) is 0 Å². The molecule has 0 unspecified atom stereocenters. The van der Waals surface area contributed by atoms with Gasteiger partial charge in [-0.05, 0) is 37.0 Å². The molecular weight excluding hydrogens is 231 g/mol. The van der Waals surface area contributed by atoms with Gasteiger partial charge in [0.05, 0.1) is 12.5 Å². The lowest BCUT2D eigenvalue weighted by Gasteiger charge is -2.34. The number of hydrogen-bond donors (Lipinski definition) is 0. The van der Waals surface area contributed by atoms with E-state index in [0.29, 0.717) is 6.42 Å². The highest BCUT2D eigenvalue weighted by atomic mass is 19.1.